The van der Waals surface area contributed by atoms with Gasteiger partial charge in [0.1, 0.15) is 29.6 Å². The lowest BCUT2D eigenvalue weighted by Crippen LogP contribution is -2.35. The molecule has 0 unspecified atom stereocenters. The van der Waals surface area contributed by atoms with Crippen molar-refractivity contribution in [2.75, 3.05) is 30.3 Å². The van der Waals surface area contributed by atoms with Crippen LogP contribution in [0.1, 0.15) is 35.7 Å². The zero-order valence-corrected chi connectivity index (χ0v) is 18.4. The van der Waals surface area contributed by atoms with Crippen LogP contribution in [0, 0.1) is 5.82 Å². The van der Waals surface area contributed by atoms with E-state index in [1.54, 1.807) is 12.3 Å². The summed E-state index contributed by atoms with van der Waals surface area (Å²) >= 11 is 0. The average molecular weight is 475 g/mol. The summed E-state index contributed by atoms with van der Waals surface area (Å²) < 4.78 is 55.2. The molecule has 0 saturated carbocycles. The Hall–Kier alpha value is -3.47. The molecule has 0 amide bonds. The van der Waals surface area contributed by atoms with E-state index >= 15 is 0 Å². The van der Waals surface area contributed by atoms with Gasteiger partial charge in [0.2, 0.25) is 0 Å². The number of imidazole rings is 1. The maximum Gasteiger partial charge on any atom is 0.419 e. The van der Waals surface area contributed by atoms with Gasteiger partial charge in [-0.15, -0.1) is 0 Å². The fraction of sp³-hybridized carbons (Fsp3) is 0.348. The van der Waals surface area contributed by atoms with Gasteiger partial charge >= 0.3 is 6.18 Å². The number of nitrogens with two attached hydrogens (primary N) is 2. The molecule has 0 spiro atoms. The lowest BCUT2D eigenvalue weighted by atomic mass is 9.95. The Morgan fingerprint density at radius 1 is 1.18 bits per heavy atom. The van der Waals surface area contributed by atoms with E-state index in [9.17, 15) is 17.6 Å². The minimum absolute atomic E-state index is 0.0745. The van der Waals surface area contributed by atoms with Crippen molar-refractivity contribution in [3.05, 3.63) is 60.1 Å². The highest BCUT2D eigenvalue weighted by Crippen LogP contribution is 2.36. The van der Waals surface area contributed by atoms with Crippen LogP contribution in [0.15, 0.2) is 37.3 Å². The molecule has 3 aromatic rings. The minimum atomic E-state index is -4.79. The third kappa shape index (κ3) is 4.60. The summed E-state index contributed by atoms with van der Waals surface area (Å²) in [5, 5.41) is 0. The lowest BCUT2D eigenvalue weighted by Gasteiger charge is -2.33. The molecule has 180 valence electrons. The fourth-order valence-electron chi connectivity index (χ4n) is 4.31. The minimum Gasteiger partial charge on any atom is -0.383 e. The van der Waals surface area contributed by atoms with Gasteiger partial charge < -0.3 is 20.9 Å². The van der Waals surface area contributed by atoms with Crippen LogP contribution in [0.4, 0.5) is 29.2 Å². The number of anilines is 2. The van der Waals surface area contributed by atoms with E-state index in [0.717, 1.165) is 36.6 Å². The Labute approximate surface area is 194 Å². The number of piperidine rings is 1. The number of halogens is 4. The van der Waals surface area contributed by atoms with Crippen LogP contribution in [-0.4, -0.2) is 39.2 Å². The molecule has 1 aliphatic rings. The van der Waals surface area contributed by atoms with Crippen LogP contribution >= 0.6 is 0 Å². The van der Waals surface area contributed by atoms with E-state index in [-0.39, 0.29) is 11.5 Å². The van der Waals surface area contributed by atoms with Crippen LogP contribution in [0.25, 0.3) is 17.3 Å². The molecule has 7 nitrogen and oxygen atoms in total. The molecule has 4 N–H and O–H groups in total. The summed E-state index contributed by atoms with van der Waals surface area (Å²) in [7, 11) is 0. The number of benzene rings is 1. The van der Waals surface area contributed by atoms with Crippen molar-refractivity contribution in [1.82, 2.24) is 19.5 Å². The number of alkyl halides is 3. The van der Waals surface area contributed by atoms with Gasteiger partial charge in [0.15, 0.2) is 0 Å². The zero-order valence-electron chi connectivity index (χ0n) is 18.4. The molecule has 0 atom stereocenters. The molecule has 3 heterocycles. The van der Waals surface area contributed by atoms with E-state index < -0.39 is 17.6 Å². The van der Waals surface area contributed by atoms with E-state index in [2.05, 4.69) is 26.4 Å². The summed E-state index contributed by atoms with van der Waals surface area (Å²) in [6.07, 6.45) is 1.45. The van der Waals surface area contributed by atoms with Gasteiger partial charge in [-0.3, -0.25) is 0 Å². The Bertz CT molecular complexity index is 1180. The SMILES string of the molecule is C=Cc1c(N)ncnc1N1CCC(c2nc(-c3ccc(F)c(C(F)(F)F)c3)cn2CCN)CC1. The molecule has 1 saturated heterocycles. The molecular formula is C23H25F4N7. The number of aromatic nitrogens is 4. The van der Waals surface area contributed by atoms with Crippen LogP contribution in [0.3, 0.4) is 0 Å². The molecule has 1 fully saturated rings. The zero-order chi connectivity index (χ0) is 24.5. The van der Waals surface area contributed by atoms with Crippen molar-refractivity contribution in [1.29, 1.82) is 0 Å². The van der Waals surface area contributed by atoms with Crippen molar-refractivity contribution in [3.63, 3.8) is 0 Å². The first-order valence-electron chi connectivity index (χ1n) is 10.8. The summed E-state index contributed by atoms with van der Waals surface area (Å²) in [5.41, 5.74) is 11.6. The highest BCUT2D eigenvalue weighted by Gasteiger charge is 2.34. The second-order valence-electron chi connectivity index (χ2n) is 8.12. The number of hydrogen-bond donors (Lipinski definition) is 2. The Morgan fingerprint density at radius 3 is 2.56 bits per heavy atom. The normalized spacial score (nSPS) is 15.0. The van der Waals surface area contributed by atoms with Crippen molar-refractivity contribution in [2.45, 2.75) is 31.5 Å². The molecule has 0 bridgehead atoms. The number of nitrogens with zero attached hydrogens (tertiary/aromatic N) is 5. The summed E-state index contributed by atoms with van der Waals surface area (Å²) in [6, 6.07) is 2.93. The van der Waals surface area contributed by atoms with Crippen LogP contribution in [0.5, 0.6) is 0 Å². The molecule has 1 aromatic carbocycles. The van der Waals surface area contributed by atoms with Crippen LogP contribution in [-0.2, 0) is 12.7 Å². The molecule has 11 heteroatoms. The quantitative estimate of drug-likeness (QED) is 0.522. The van der Waals surface area contributed by atoms with E-state index in [1.807, 2.05) is 4.57 Å². The maximum atomic E-state index is 13.7. The Balaban J connectivity index is 1.59. The van der Waals surface area contributed by atoms with Gasteiger partial charge in [0.05, 0.1) is 16.8 Å². The number of nitrogen functional groups attached to an aromatic ring is 1. The van der Waals surface area contributed by atoms with Crippen molar-refractivity contribution in [3.8, 4) is 11.3 Å². The van der Waals surface area contributed by atoms with Gasteiger partial charge in [-0.2, -0.15) is 13.2 Å². The first-order chi connectivity index (χ1) is 16.2. The maximum absolute atomic E-state index is 13.7. The molecule has 0 aliphatic carbocycles. The van der Waals surface area contributed by atoms with Crippen molar-refractivity contribution in [2.24, 2.45) is 5.73 Å². The third-order valence-corrected chi connectivity index (χ3v) is 6.00. The number of hydrogen-bond acceptors (Lipinski definition) is 6. The Kier molecular flexibility index (Phi) is 6.56. The lowest BCUT2D eigenvalue weighted by molar-refractivity contribution is -0.139. The van der Waals surface area contributed by atoms with Crippen LogP contribution < -0.4 is 16.4 Å². The largest absolute Gasteiger partial charge is 0.419 e. The molecule has 1 aliphatic heterocycles. The summed E-state index contributed by atoms with van der Waals surface area (Å²) in [5.74, 6) is 0.602. The van der Waals surface area contributed by atoms with E-state index in [1.165, 1.54) is 12.4 Å². The van der Waals surface area contributed by atoms with Gasteiger partial charge in [-0.25, -0.2) is 19.3 Å². The summed E-state index contributed by atoms with van der Waals surface area (Å²) in [6.45, 7) is 5.98. The first kappa shape index (κ1) is 23.7. The van der Waals surface area contributed by atoms with E-state index in [0.29, 0.717) is 43.3 Å². The molecule has 2 aromatic heterocycles. The smallest absolute Gasteiger partial charge is 0.383 e. The number of rotatable bonds is 6. The van der Waals surface area contributed by atoms with E-state index in [4.69, 9.17) is 11.5 Å². The Morgan fingerprint density at radius 2 is 1.91 bits per heavy atom. The second-order valence-corrected chi connectivity index (χ2v) is 8.12. The molecule has 4 rings (SSSR count). The third-order valence-electron chi connectivity index (χ3n) is 6.00. The van der Waals surface area contributed by atoms with Gasteiger partial charge in [-0.1, -0.05) is 12.7 Å². The van der Waals surface area contributed by atoms with Gasteiger partial charge in [0, 0.05) is 43.9 Å². The highest BCUT2D eigenvalue weighted by atomic mass is 19.4. The molecule has 0 radical (unpaired) electrons. The standard InChI is InChI=1S/C23H25F4N7/c1-2-16-20(29)30-13-31-22(16)33-8-5-14(6-9-33)21-32-19(12-34(21)10-7-28)15-3-4-18(24)17(11-15)23(25,26)27/h2-4,11-14H,1,5-10,28H2,(H2,29,30,31). The molecular weight excluding hydrogens is 450 g/mol. The van der Waals surface area contributed by atoms with Crippen molar-refractivity contribution < 1.29 is 17.6 Å². The summed E-state index contributed by atoms with van der Waals surface area (Å²) in [4.78, 5) is 15.1. The topological polar surface area (TPSA) is 98.9 Å². The second kappa shape index (κ2) is 9.41. The molecule has 34 heavy (non-hydrogen) atoms. The predicted molar refractivity (Wildman–Crippen MR) is 122 cm³/mol. The van der Waals surface area contributed by atoms with Crippen molar-refractivity contribution >= 4 is 17.7 Å². The average Bonchev–Trinajstić information content (AvgIpc) is 3.22. The predicted octanol–water partition coefficient (Wildman–Crippen LogP) is 4.07. The van der Waals surface area contributed by atoms with Gasteiger partial charge in [0.25, 0.3) is 0 Å². The van der Waals surface area contributed by atoms with Crippen LogP contribution in [0.2, 0.25) is 0 Å². The first-order valence-corrected chi connectivity index (χ1v) is 10.8. The van der Waals surface area contributed by atoms with Gasteiger partial charge in [-0.05, 0) is 31.0 Å². The fourth-order valence-corrected chi connectivity index (χ4v) is 4.31. The monoisotopic (exact) mass is 475 g/mol. The highest BCUT2D eigenvalue weighted by molar-refractivity contribution is 5.71.